The second-order valence-electron chi connectivity index (χ2n) is 6.27. The van der Waals surface area contributed by atoms with E-state index in [1.54, 1.807) is 11.0 Å². The molecule has 1 unspecified atom stereocenters. The Morgan fingerprint density at radius 1 is 1.35 bits per heavy atom. The minimum Gasteiger partial charge on any atom is -0.346 e. The number of nitrogens with zero attached hydrogens (tertiary/aromatic N) is 1. The molecule has 1 aromatic carbocycles. The molecule has 126 valence electrons. The van der Waals surface area contributed by atoms with Gasteiger partial charge in [-0.2, -0.15) is 0 Å². The van der Waals surface area contributed by atoms with Gasteiger partial charge in [0, 0.05) is 24.2 Å². The van der Waals surface area contributed by atoms with E-state index in [-0.39, 0.29) is 11.8 Å². The third-order valence-corrected chi connectivity index (χ3v) is 4.29. The number of quaternary nitrogens is 1. The average molecular weight is 318 g/mol. The van der Waals surface area contributed by atoms with Crippen LogP contribution in [0.5, 0.6) is 0 Å². The Morgan fingerprint density at radius 2 is 2.17 bits per heavy atom. The monoisotopic (exact) mass is 318 g/mol. The molecule has 1 aromatic rings. The number of hydrogen-bond acceptors (Lipinski definition) is 2. The molecule has 2 N–H and O–H groups in total. The molecule has 1 heterocycles. The van der Waals surface area contributed by atoms with Crippen molar-refractivity contribution in [3.05, 3.63) is 29.8 Å². The summed E-state index contributed by atoms with van der Waals surface area (Å²) in [5, 5.41) is 2.97. The predicted octanol–water partition coefficient (Wildman–Crippen LogP) is 0.858. The van der Waals surface area contributed by atoms with E-state index in [0.29, 0.717) is 18.5 Å². The number of amides is 2. The standard InChI is InChI=1S/C18H27N3O2/c1-3-4-11-20(2)13-10-19-18(23)15-7-5-8-16(14-15)21-12-6-9-17(21)22/h5,7-8,14H,3-4,6,9-13H2,1-2H3,(H,19,23)/p+1. The molecular weight excluding hydrogens is 290 g/mol. The molecular formula is C18H28N3O2+. The lowest BCUT2D eigenvalue weighted by Gasteiger charge is -2.17. The summed E-state index contributed by atoms with van der Waals surface area (Å²) >= 11 is 0. The highest BCUT2D eigenvalue weighted by molar-refractivity contribution is 5.99. The van der Waals surface area contributed by atoms with Crippen molar-refractivity contribution in [3.8, 4) is 0 Å². The number of anilines is 1. The molecule has 5 heteroatoms. The highest BCUT2D eigenvalue weighted by atomic mass is 16.2. The molecule has 0 aliphatic carbocycles. The zero-order valence-electron chi connectivity index (χ0n) is 14.2. The molecule has 1 saturated heterocycles. The van der Waals surface area contributed by atoms with E-state index in [0.717, 1.165) is 31.7 Å². The third kappa shape index (κ3) is 5.06. The topological polar surface area (TPSA) is 53.9 Å². The molecule has 0 saturated carbocycles. The maximum atomic E-state index is 12.3. The van der Waals surface area contributed by atoms with Gasteiger partial charge in [-0.1, -0.05) is 19.4 Å². The zero-order chi connectivity index (χ0) is 16.7. The number of benzene rings is 1. The number of likely N-dealkylation sites (N-methyl/N-ethyl adjacent to an activating group) is 1. The van der Waals surface area contributed by atoms with Crippen molar-refractivity contribution in [1.29, 1.82) is 0 Å². The van der Waals surface area contributed by atoms with Crippen LogP contribution >= 0.6 is 0 Å². The summed E-state index contributed by atoms with van der Waals surface area (Å²) in [4.78, 5) is 27.3. The number of hydrogen-bond donors (Lipinski definition) is 2. The highest BCUT2D eigenvalue weighted by Crippen LogP contribution is 2.22. The van der Waals surface area contributed by atoms with Crippen LogP contribution in [0.3, 0.4) is 0 Å². The summed E-state index contributed by atoms with van der Waals surface area (Å²) < 4.78 is 0. The van der Waals surface area contributed by atoms with E-state index in [4.69, 9.17) is 0 Å². The van der Waals surface area contributed by atoms with Crippen molar-refractivity contribution >= 4 is 17.5 Å². The lowest BCUT2D eigenvalue weighted by atomic mass is 10.1. The van der Waals surface area contributed by atoms with E-state index in [9.17, 15) is 9.59 Å². The number of carbonyl (C=O) groups is 2. The van der Waals surface area contributed by atoms with Crippen molar-refractivity contribution in [2.24, 2.45) is 0 Å². The molecule has 0 radical (unpaired) electrons. The average Bonchev–Trinajstić information content (AvgIpc) is 2.99. The van der Waals surface area contributed by atoms with Crippen molar-refractivity contribution in [3.63, 3.8) is 0 Å². The van der Waals surface area contributed by atoms with E-state index < -0.39 is 0 Å². The van der Waals surface area contributed by atoms with Crippen LogP contribution in [0.25, 0.3) is 0 Å². The Hall–Kier alpha value is -1.88. The van der Waals surface area contributed by atoms with Gasteiger partial charge in [-0.25, -0.2) is 0 Å². The van der Waals surface area contributed by atoms with Gasteiger partial charge in [0.25, 0.3) is 5.91 Å². The fourth-order valence-corrected chi connectivity index (χ4v) is 2.83. The van der Waals surface area contributed by atoms with Gasteiger partial charge in [0.05, 0.1) is 26.7 Å². The van der Waals surface area contributed by atoms with Gasteiger partial charge < -0.3 is 15.1 Å². The fraction of sp³-hybridized carbons (Fsp3) is 0.556. The molecule has 1 aliphatic rings. The van der Waals surface area contributed by atoms with Crippen molar-refractivity contribution < 1.29 is 14.5 Å². The van der Waals surface area contributed by atoms with Gasteiger partial charge in [0.15, 0.2) is 0 Å². The number of unbranched alkanes of at least 4 members (excludes halogenated alkanes) is 1. The molecule has 0 bridgehead atoms. The van der Waals surface area contributed by atoms with Crippen LogP contribution in [0.2, 0.25) is 0 Å². The second kappa shape index (κ2) is 8.67. The molecule has 1 fully saturated rings. The minimum atomic E-state index is -0.0678. The largest absolute Gasteiger partial charge is 0.346 e. The van der Waals surface area contributed by atoms with E-state index in [1.807, 2.05) is 18.2 Å². The second-order valence-corrected chi connectivity index (χ2v) is 6.27. The van der Waals surface area contributed by atoms with E-state index >= 15 is 0 Å². The van der Waals surface area contributed by atoms with Crippen LogP contribution in [0.4, 0.5) is 5.69 Å². The van der Waals surface area contributed by atoms with Gasteiger partial charge in [-0.15, -0.1) is 0 Å². The molecule has 1 aliphatic heterocycles. The highest BCUT2D eigenvalue weighted by Gasteiger charge is 2.22. The first-order chi connectivity index (χ1) is 11.1. The summed E-state index contributed by atoms with van der Waals surface area (Å²) in [5.74, 6) is 0.0745. The van der Waals surface area contributed by atoms with Crippen LogP contribution in [-0.4, -0.2) is 45.0 Å². The lowest BCUT2D eigenvalue weighted by molar-refractivity contribution is -0.878. The zero-order valence-corrected chi connectivity index (χ0v) is 14.2. The van der Waals surface area contributed by atoms with Crippen LogP contribution in [0.15, 0.2) is 24.3 Å². The van der Waals surface area contributed by atoms with Crippen molar-refractivity contribution in [1.82, 2.24) is 5.32 Å². The molecule has 2 rings (SSSR count). The number of rotatable bonds is 8. The summed E-state index contributed by atoms with van der Waals surface area (Å²) in [5.41, 5.74) is 1.44. The Balaban J connectivity index is 1.86. The predicted molar refractivity (Wildman–Crippen MR) is 91.9 cm³/mol. The molecule has 1 atom stereocenters. The van der Waals surface area contributed by atoms with Gasteiger partial charge in [-0.05, 0) is 31.0 Å². The number of carbonyl (C=O) groups excluding carboxylic acids is 2. The van der Waals surface area contributed by atoms with Crippen LogP contribution < -0.4 is 15.1 Å². The Bertz CT molecular complexity index is 545. The third-order valence-electron chi connectivity index (χ3n) is 4.29. The molecule has 0 spiro atoms. The Labute approximate surface area is 138 Å². The van der Waals surface area contributed by atoms with Crippen LogP contribution in [-0.2, 0) is 4.79 Å². The van der Waals surface area contributed by atoms with Crippen LogP contribution in [0.1, 0.15) is 43.0 Å². The summed E-state index contributed by atoms with van der Waals surface area (Å²) in [6.07, 6.45) is 3.91. The molecule has 2 amide bonds. The quantitative estimate of drug-likeness (QED) is 0.747. The Kier molecular flexibility index (Phi) is 6.59. The lowest BCUT2D eigenvalue weighted by Crippen LogP contribution is -3.09. The van der Waals surface area contributed by atoms with E-state index in [2.05, 4.69) is 19.3 Å². The van der Waals surface area contributed by atoms with Crippen molar-refractivity contribution in [2.75, 3.05) is 38.1 Å². The maximum absolute atomic E-state index is 12.3. The van der Waals surface area contributed by atoms with E-state index in [1.165, 1.54) is 17.7 Å². The normalized spacial score (nSPS) is 15.7. The SMILES string of the molecule is CCCC[NH+](C)CCNC(=O)c1cccc(N2CCCC2=O)c1. The minimum absolute atomic E-state index is 0.0678. The van der Waals surface area contributed by atoms with Gasteiger partial charge in [-0.3, -0.25) is 9.59 Å². The fourth-order valence-electron chi connectivity index (χ4n) is 2.83. The first-order valence-corrected chi connectivity index (χ1v) is 8.61. The molecule has 23 heavy (non-hydrogen) atoms. The van der Waals surface area contributed by atoms with Crippen molar-refractivity contribution in [2.45, 2.75) is 32.6 Å². The van der Waals surface area contributed by atoms with Crippen LogP contribution in [0, 0.1) is 0 Å². The number of nitrogens with one attached hydrogen (secondary N) is 2. The summed E-state index contributed by atoms with van der Waals surface area (Å²) in [6.45, 7) is 5.67. The first kappa shape index (κ1) is 17.5. The van der Waals surface area contributed by atoms with Gasteiger partial charge >= 0.3 is 0 Å². The smallest absolute Gasteiger partial charge is 0.251 e. The van der Waals surface area contributed by atoms with Gasteiger partial charge in [0.2, 0.25) is 5.91 Å². The molecule has 5 nitrogen and oxygen atoms in total. The summed E-state index contributed by atoms with van der Waals surface area (Å²) in [6, 6.07) is 7.34. The summed E-state index contributed by atoms with van der Waals surface area (Å²) in [7, 11) is 2.15. The first-order valence-electron chi connectivity index (χ1n) is 8.61. The maximum Gasteiger partial charge on any atom is 0.251 e. The van der Waals surface area contributed by atoms with Gasteiger partial charge in [0.1, 0.15) is 0 Å². The molecule has 0 aromatic heterocycles. The Morgan fingerprint density at radius 3 is 2.87 bits per heavy atom.